The number of azide groups is 1. The van der Waals surface area contributed by atoms with Gasteiger partial charge in [0.2, 0.25) is 0 Å². The molecule has 0 spiro atoms. The van der Waals surface area contributed by atoms with Crippen LogP contribution in [-0.2, 0) is 12.8 Å². The maximum absolute atomic E-state index is 11.6. The summed E-state index contributed by atoms with van der Waals surface area (Å²) in [6, 6.07) is 5.81. The van der Waals surface area contributed by atoms with Gasteiger partial charge in [0.1, 0.15) is 0 Å². The Hall–Kier alpha value is -1.80. The van der Waals surface area contributed by atoms with Crippen molar-refractivity contribution in [3.8, 4) is 0 Å². The number of Topliss-reactive ketones (excluding diaryl/α,β-unsaturated/α-hetero) is 1. The van der Waals surface area contributed by atoms with Gasteiger partial charge in [-0.3, -0.25) is 4.79 Å². The van der Waals surface area contributed by atoms with Crippen molar-refractivity contribution >= 4 is 5.78 Å². The van der Waals surface area contributed by atoms with Gasteiger partial charge in [0.25, 0.3) is 0 Å². The Kier molecular flexibility index (Phi) is 3.22. The largest absolute Gasteiger partial charge is 0.294 e. The summed E-state index contributed by atoms with van der Waals surface area (Å²) < 4.78 is 0. The molecule has 0 aliphatic heterocycles. The van der Waals surface area contributed by atoms with Gasteiger partial charge in [-0.15, -0.1) is 0 Å². The highest BCUT2D eigenvalue weighted by atomic mass is 16.1. The van der Waals surface area contributed by atoms with Crippen LogP contribution in [0.25, 0.3) is 10.4 Å². The number of rotatable bonds is 3. The van der Waals surface area contributed by atoms with Crippen molar-refractivity contribution < 1.29 is 4.79 Å². The van der Waals surface area contributed by atoms with Crippen LogP contribution >= 0.6 is 0 Å². The fourth-order valence-electron chi connectivity index (χ4n) is 2.09. The molecule has 2 rings (SSSR count). The lowest BCUT2D eigenvalue weighted by molar-refractivity contribution is 0.100. The summed E-state index contributed by atoms with van der Waals surface area (Å²) in [7, 11) is 0. The van der Waals surface area contributed by atoms with Crippen molar-refractivity contribution in [1.29, 1.82) is 0 Å². The molecule has 16 heavy (non-hydrogen) atoms. The zero-order valence-corrected chi connectivity index (χ0v) is 9.02. The third-order valence-corrected chi connectivity index (χ3v) is 2.95. The lowest BCUT2D eigenvalue weighted by Gasteiger charge is -2.15. The summed E-state index contributed by atoms with van der Waals surface area (Å²) in [5, 5.41) is 3.29. The van der Waals surface area contributed by atoms with Crippen LogP contribution in [0.4, 0.5) is 0 Å². The van der Waals surface area contributed by atoms with Crippen LogP contribution < -0.4 is 0 Å². The summed E-state index contributed by atoms with van der Waals surface area (Å²) in [6.07, 6.45) is 4.60. The van der Waals surface area contributed by atoms with Gasteiger partial charge in [0.15, 0.2) is 5.78 Å². The van der Waals surface area contributed by atoms with E-state index in [1.807, 2.05) is 18.2 Å². The molecule has 1 aliphatic rings. The first-order valence-electron chi connectivity index (χ1n) is 5.47. The average molecular weight is 215 g/mol. The van der Waals surface area contributed by atoms with E-state index >= 15 is 0 Å². The van der Waals surface area contributed by atoms with Crippen molar-refractivity contribution in [2.24, 2.45) is 5.11 Å². The quantitative estimate of drug-likeness (QED) is 0.330. The highest BCUT2D eigenvalue weighted by Crippen LogP contribution is 2.22. The number of hydrogen-bond acceptors (Lipinski definition) is 2. The van der Waals surface area contributed by atoms with E-state index in [-0.39, 0.29) is 12.3 Å². The van der Waals surface area contributed by atoms with Gasteiger partial charge in [-0.1, -0.05) is 17.2 Å². The number of ketones is 1. The summed E-state index contributed by atoms with van der Waals surface area (Å²) in [5.41, 5.74) is 11.4. The molecule has 0 bridgehead atoms. The minimum Gasteiger partial charge on any atom is -0.294 e. The average Bonchev–Trinajstić information content (AvgIpc) is 2.35. The normalized spacial score (nSPS) is 13.8. The number of fused-ring (bicyclic) bond motifs is 1. The van der Waals surface area contributed by atoms with Gasteiger partial charge in [-0.25, -0.2) is 0 Å². The molecule has 4 nitrogen and oxygen atoms in total. The Morgan fingerprint density at radius 1 is 1.31 bits per heavy atom. The topological polar surface area (TPSA) is 65.8 Å². The van der Waals surface area contributed by atoms with Crippen LogP contribution in [0.15, 0.2) is 23.3 Å². The standard InChI is InChI=1S/C12H13N3O/c13-15-14-8-12(16)11-6-5-9-3-1-2-4-10(9)7-11/h5-7H,1-4,8H2. The zero-order chi connectivity index (χ0) is 11.4. The fourth-order valence-corrected chi connectivity index (χ4v) is 2.09. The monoisotopic (exact) mass is 215 g/mol. The van der Waals surface area contributed by atoms with Crippen LogP contribution in [-0.4, -0.2) is 12.3 Å². The molecule has 4 heteroatoms. The number of hydrogen-bond donors (Lipinski definition) is 0. The lowest BCUT2D eigenvalue weighted by atomic mass is 9.90. The van der Waals surface area contributed by atoms with Crippen LogP contribution in [0.3, 0.4) is 0 Å². The Balaban J connectivity index is 2.22. The minimum atomic E-state index is -0.105. The van der Waals surface area contributed by atoms with Crippen LogP contribution in [0, 0.1) is 0 Å². The molecule has 0 fully saturated rings. The molecule has 0 unspecified atom stereocenters. The van der Waals surface area contributed by atoms with E-state index < -0.39 is 0 Å². The molecule has 0 aromatic heterocycles. The minimum absolute atomic E-state index is 0.0880. The van der Waals surface area contributed by atoms with Crippen molar-refractivity contribution in [3.05, 3.63) is 45.3 Å². The van der Waals surface area contributed by atoms with E-state index in [1.165, 1.54) is 24.0 Å². The smallest absolute Gasteiger partial charge is 0.168 e. The third-order valence-electron chi connectivity index (χ3n) is 2.95. The number of benzene rings is 1. The molecule has 1 aliphatic carbocycles. The summed E-state index contributed by atoms with van der Waals surface area (Å²) in [6.45, 7) is -0.0880. The highest BCUT2D eigenvalue weighted by molar-refractivity contribution is 5.97. The van der Waals surface area contributed by atoms with E-state index in [0.717, 1.165) is 12.8 Å². The third kappa shape index (κ3) is 2.23. The number of carbonyl (C=O) groups is 1. The summed E-state index contributed by atoms with van der Waals surface area (Å²) >= 11 is 0. The molecule has 0 radical (unpaired) electrons. The molecule has 0 saturated heterocycles. The van der Waals surface area contributed by atoms with Crippen LogP contribution in [0.5, 0.6) is 0 Å². The number of aryl methyl sites for hydroxylation is 2. The molecular formula is C12H13N3O. The molecular weight excluding hydrogens is 202 g/mol. The van der Waals surface area contributed by atoms with E-state index in [1.54, 1.807) is 0 Å². The Morgan fingerprint density at radius 2 is 2.06 bits per heavy atom. The maximum atomic E-state index is 11.6. The first kappa shape index (κ1) is 10.7. The SMILES string of the molecule is [N-]=[N+]=NCC(=O)c1ccc2c(c1)CCCC2. The molecule has 0 amide bonds. The van der Waals surface area contributed by atoms with Crippen LogP contribution in [0.2, 0.25) is 0 Å². The van der Waals surface area contributed by atoms with E-state index in [2.05, 4.69) is 10.0 Å². The Labute approximate surface area is 93.9 Å². The maximum Gasteiger partial charge on any atom is 0.168 e. The van der Waals surface area contributed by atoms with Gasteiger partial charge >= 0.3 is 0 Å². The second-order valence-electron chi connectivity index (χ2n) is 4.00. The predicted octanol–water partition coefficient (Wildman–Crippen LogP) is 3.06. The summed E-state index contributed by atoms with van der Waals surface area (Å²) in [5.74, 6) is -0.105. The lowest BCUT2D eigenvalue weighted by Crippen LogP contribution is -2.07. The molecule has 0 heterocycles. The second kappa shape index (κ2) is 4.81. The first-order chi connectivity index (χ1) is 7.81. The van der Waals surface area contributed by atoms with Gasteiger partial charge in [0.05, 0.1) is 6.54 Å². The van der Waals surface area contributed by atoms with Crippen molar-refractivity contribution in [2.45, 2.75) is 25.7 Å². The van der Waals surface area contributed by atoms with Crippen LogP contribution in [0.1, 0.15) is 34.3 Å². The molecule has 0 N–H and O–H groups in total. The Morgan fingerprint density at radius 3 is 2.81 bits per heavy atom. The molecule has 0 atom stereocenters. The van der Waals surface area contributed by atoms with Gasteiger partial charge in [0, 0.05) is 10.5 Å². The van der Waals surface area contributed by atoms with E-state index in [0.29, 0.717) is 5.56 Å². The predicted molar refractivity (Wildman–Crippen MR) is 61.4 cm³/mol. The second-order valence-corrected chi connectivity index (χ2v) is 4.00. The van der Waals surface area contributed by atoms with Crippen molar-refractivity contribution in [3.63, 3.8) is 0 Å². The molecule has 82 valence electrons. The molecule has 0 saturated carbocycles. The Bertz CT molecular complexity index is 461. The van der Waals surface area contributed by atoms with E-state index in [9.17, 15) is 4.79 Å². The van der Waals surface area contributed by atoms with Gasteiger partial charge in [-0.2, -0.15) is 0 Å². The fraction of sp³-hybridized carbons (Fsp3) is 0.417. The van der Waals surface area contributed by atoms with Gasteiger partial charge in [-0.05, 0) is 48.4 Å². The highest BCUT2D eigenvalue weighted by Gasteiger charge is 2.12. The zero-order valence-electron chi connectivity index (χ0n) is 9.02. The van der Waals surface area contributed by atoms with E-state index in [4.69, 9.17) is 5.53 Å². The van der Waals surface area contributed by atoms with Gasteiger partial charge < -0.3 is 0 Å². The number of nitrogens with zero attached hydrogens (tertiary/aromatic N) is 3. The number of carbonyl (C=O) groups excluding carboxylic acids is 1. The summed E-state index contributed by atoms with van der Waals surface area (Å²) in [4.78, 5) is 14.2. The first-order valence-corrected chi connectivity index (χ1v) is 5.47. The molecule has 1 aromatic carbocycles. The van der Waals surface area contributed by atoms with Crippen molar-refractivity contribution in [1.82, 2.24) is 0 Å². The molecule has 1 aromatic rings. The van der Waals surface area contributed by atoms with Crippen molar-refractivity contribution in [2.75, 3.05) is 6.54 Å².